The lowest BCUT2D eigenvalue weighted by molar-refractivity contribution is -0.130. The summed E-state index contributed by atoms with van der Waals surface area (Å²) < 4.78 is 7.95. The van der Waals surface area contributed by atoms with Gasteiger partial charge in [0.25, 0.3) is 5.89 Å². The Bertz CT molecular complexity index is 1230. The van der Waals surface area contributed by atoms with Crippen LogP contribution >= 0.6 is 0 Å². The van der Waals surface area contributed by atoms with E-state index in [2.05, 4.69) is 43.1 Å². The lowest BCUT2D eigenvalue weighted by atomic mass is 10.1. The van der Waals surface area contributed by atoms with Crippen LogP contribution in [-0.4, -0.2) is 48.6 Å². The standard InChI is InChI=1S/C23H24N6O2/c1-15-11-25-19(12-24-15)23-27-26-22(31-23)17-9-10-29(14-17)21(30)8-7-16-13-28(2)20-6-4-3-5-18(16)20/h3-6,11-13,17H,7-10,14H2,1-2H3. The molecule has 0 radical (unpaired) electrons. The van der Waals surface area contributed by atoms with E-state index in [1.54, 1.807) is 12.4 Å². The highest BCUT2D eigenvalue weighted by atomic mass is 16.4. The predicted molar refractivity (Wildman–Crippen MR) is 115 cm³/mol. The number of carbonyl (C=O) groups is 1. The van der Waals surface area contributed by atoms with Crippen LogP contribution in [-0.2, 0) is 18.3 Å². The smallest absolute Gasteiger partial charge is 0.267 e. The Morgan fingerprint density at radius 3 is 2.90 bits per heavy atom. The third-order valence-corrected chi connectivity index (χ3v) is 5.92. The van der Waals surface area contributed by atoms with Crippen molar-refractivity contribution in [3.8, 4) is 11.6 Å². The van der Waals surface area contributed by atoms with Crippen LogP contribution in [0.5, 0.6) is 0 Å². The van der Waals surface area contributed by atoms with Crippen LogP contribution in [0.4, 0.5) is 0 Å². The molecule has 5 rings (SSSR count). The molecule has 1 amide bonds. The van der Waals surface area contributed by atoms with Gasteiger partial charge in [0.2, 0.25) is 11.8 Å². The van der Waals surface area contributed by atoms with E-state index in [9.17, 15) is 4.79 Å². The average molecular weight is 416 g/mol. The minimum Gasteiger partial charge on any atom is -0.419 e. The Labute approximate surface area is 179 Å². The molecular weight excluding hydrogens is 392 g/mol. The van der Waals surface area contributed by atoms with Gasteiger partial charge in [-0.1, -0.05) is 18.2 Å². The van der Waals surface area contributed by atoms with E-state index in [-0.39, 0.29) is 11.8 Å². The molecule has 0 bridgehead atoms. The fourth-order valence-electron chi connectivity index (χ4n) is 4.22. The highest BCUT2D eigenvalue weighted by molar-refractivity contribution is 5.85. The molecule has 0 spiro atoms. The third-order valence-electron chi connectivity index (χ3n) is 5.92. The minimum atomic E-state index is 0.0566. The van der Waals surface area contributed by atoms with Gasteiger partial charge in [-0.05, 0) is 31.4 Å². The zero-order valence-electron chi connectivity index (χ0n) is 17.7. The number of hydrogen-bond acceptors (Lipinski definition) is 6. The van der Waals surface area contributed by atoms with Gasteiger partial charge in [-0.2, -0.15) is 0 Å². The summed E-state index contributed by atoms with van der Waals surface area (Å²) in [5.74, 6) is 1.14. The van der Waals surface area contributed by atoms with Crippen molar-refractivity contribution in [2.75, 3.05) is 13.1 Å². The van der Waals surface area contributed by atoms with Crippen molar-refractivity contribution >= 4 is 16.8 Å². The van der Waals surface area contributed by atoms with Crippen LogP contribution in [0.25, 0.3) is 22.5 Å². The predicted octanol–water partition coefficient (Wildman–Crippen LogP) is 3.28. The van der Waals surface area contributed by atoms with Crippen molar-refractivity contribution in [2.24, 2.45) is 7.05 Å². The Kier molecular flexibility index (Phi) is 4.97. The fraction of sp³-hybridized carbons (Fsp3) is 0.348. The fourth-order valence-corrected chi connectivity index (χ4v) is 4.22. The van der Waals surface area contributed by atoms with Crippen molar-refractivity contribution in [3.05, 3.63) is 60.0 Å². The van der Waals surface area contributed by atoms with Crippen LogP contribution in [0.3, 0.4) is 0 Å². The topological polar surface area (TPSA) is 89.9 Å². The first kappa shape index (κ1) is 19.4. The van der Waals surface area contributed by atoms with E-state index in [0.717, 1.165) is 18.5 Å². The molecule has 1 saturated heterocycles. The van der Waals surface area contributed by atoms with Crippen molar-refractivity contribution in [3.63, 3.8) is 0 Å². The summed E-state index contributed by atoms with van der Waals surface area (Å²) in [6.45, 7) is 3.19. The number of carbonyl (C=O) groups excluding carboxylic acids is 1. The maximum Gasteiger partial charge on any atom is 0.267 e. The van der Waals surface area contributed by atoms with Crippen molar-refractivity contribution < 1.29 is 9.21 Å². The molecule has 0 aliphatic carbocycles. The molecule has 1 aromatic carbocycles. The number of fused-ring (bicyclic) bond motifs is 1. The van der Waals surface area contributed by atoms with Crippen molar-refractivity contribution in [2.45, 2.75) is 32.1 Å². The van der Waals surface area contributed by atoms with Gasteiger partial charge in [0.1, 0.15) is 5.69 Å². The second-order valence-electron chi connectivity index (χ2n) is 8.10. The molecule has 1 unspecified atom stereocenters. The molecule has 8 heteroatoms. The number of aromatic nitrogens is 5. The summed E-state index contributed by atoms with van der Waals surface area (Å²) in [7, 11) is 2.04. The molecule has 0 saturated carbocycles. The van der Waals surface area contributed by atoms with Gasteiger partial charge in [-0.25, -0.2) is 4.98 Å². The SMILES string of the molecule is Cc1cnc(-c2nnc(C3CCN(C(=O)CCc4cn(C)c5ccccc45)C3)o2)cn1. The number of hydrogen-bond donors (Lipinski definition) is 0. The zero-order chi connectivity index (χ0) is 21.4. The summed E-state index contributed by atoms with van der Waals surface area (Å²) in [6, 6.07) is 8.30. The van der Waals surface area contributed by atoms with Crippen LogP contribution in [0.1, 0.15) is 35.9 Å². The largest absolute Gasteiger partial charge is 0.419 e. The number of amides is 1. The normalized spacial score (nSPS) is 16.3. The molecule has 1 atom stereocenters. The maximum absolute atomic E-state index is 12.8. The first-order valence-electron chi connectivity index (χ1n) is 10.5. The molecule has 3 aromatic heterocycles. The van der Waals surface area contributed by atoms with Gasteiger partial charge in [0, 0.05) is 49.9 Å². The van der Waals surface area contributed by atoms with Crippen LogP contribution in [0.15, 0.2) is 47.3 Å². The van der Waals surface area contributed by atoms with Gasteiger partial charge in [-0.3, -0.25) is 9.78 Å². The Hall–Kier alpha value is -3.55. The number of para-hydroxylation sites is 1. The molecule has 4 heterocycles. The second kappa shape index (κ2) is 7.94. The Balaban J connectivity index is 1.21. The summed E-state index contributed by atoms with van der Waals surface area (Å²) >= 11 is 0. The van der Waals surface area contributed by atoms with E-state index >= 15 is 0 Å². The quantitative estimate of drug-likeness (QED) is 0.496. The Morgan fingerprint density at radius 1 is 1.19 bits per heavy atom. The molecule has 158 valence electrons. The molecule has 4 aromatic rings. The highest BCUT2D eigenvalue weighted by Crippen LogP contribution is 2.29. The van der Waals surface area contributed by atoms with Crippen molar-refractivity contribution in [1.29, 1.82) is 0 Å². The molecule has 1 aliphatic heterocycles. The van der Waals surface area contributed by atoms with Gasteiger partial charge in [0.15, 0.2) is 0 Å². The number of nitrogens with zero attached hydrogens (tertiary/aromatic N) is 6. The maximum atomic E-state index is 12.8. The molecule has 1 fully saturated rings. The summed E-state index contributed by atoms with van der Waals surface area (Å²) in [5.41, 5.74) is 3.79. The lowest BCUT2D eigenvalue weighted by Crippen LogP contribution is -2.28. The van der Waals surface area contributed by atoms with E-state index < -0.39 is 0 Å². The van der Waals surface area contributed by atoms with E-state index in [4.69, 9.17) is 4.42 Å². The number of likely N-dealkylation sites (tertiary alicyclic amines) is 1. The molecule has 31 heavy (non-hydrogen) atoms. The summed E-state index contributed by atoms with van der Waals surface area (Å²) in [4.78, 5) is 23.2. The molecule has 1 aliphatic rings. The minimum absolute atomic E-state index is 0.0566. The summed E-state index contributed by atoms with van der Waals surface area (Å²) in [6.07, 6.45) is 7.47. The zero-order valence-corrected chi connectivity index (χ0v) is 17.7. The molecule has 8 nitrogen and oxygen atoms in total. The van der Waals surface area contributed by atoms with Gasteiger partial charge < -0.3 is 13.9 Å². The van der Waals surface area contributed by atoms with E-state index in [1.807, 2.05) is 31.0 Å². The third kappa shape index (κ3) is 3.81. The van der Waals surface area contributed by atoms with Crippen LogP contribution in [0.2, 0.25) is 0 Å². The number of rotatable bonds is 5. The average Bonchev–Trinajstić information content (AvgIpc) is 3.52. The first-order valence-corrected chi connectivity index (χ1v) is 10.5. The lowest BCUT2D eigenvalue weighted by Gasteiger charge is -2.15. The van der Waals surface area contributed by atoms with Gasteiger partial charge in [0.05, 0.1) is 17.8 Å². The van der Waals surface area contributed by atoms with Gasteiger partial charge in [-0.15, -0.1) is 10.2 Å². The van der Waals surface area contributed by atoms with E-state index in [1.165, 1.54) is 16.5 Å². The number of benzene rings is 1. The highest BCUT2D eigenvalue weighted by Gasteiger charge is 2.31. The number of aryl methyl sites for hydroxylation is 3. The van der Waals surface area contributed by atoms with Gasteiger partial charge >= 0.3 is 0 Å². The van der Waals surface area contributed by atoms with Crippen LogP contribution in [0, 0.1) is 6.92 Å². The van der Waals surface area contributed by atoms with Crippen molar-refractivity contribution in [1.82, 2.24) is 29.6 Å². The second-order valence-corrected chi connectivity index (χ2v) is 8.10. The van der Waals surface area contributed by atoms with E-state index in [0.29, 0.717) is 37.0 Å². The van der Waals surface area contributed by atoms with Crippen LogP contribution < -0.4 is 0 Å². The monoisotopic (exact) mass is 416 g/mol. The molecular formula is C23H24N6O2. The molecule has 0 N–H and O–H groups in total. The first-order chi connectivity index (χ1) is 15.1. The Morgan fingerprint density at radius 2 is 2.06 bits per heavy atom. The summed E-state index contributed by atoms with van der Waals surface area (Å²) in [5, 5.41) is 9.53.